The largest absolute Gasteiger partial charge is 0.394 e. The van der Waals surface area contributed by atoms with E-state index in [1.54, 1.807) is 0 Å². The zero-order valence-corrected chi connectivity index (χ0v) is 9.94. The van der Waals surface area contributed by atoms with Crippen LogP contribution in [0.5, 0.6) is 0 Å². The van der Waals surface area contributed by atoms with Gasteiger partial charge in [0.25, 0.3) is 0 Å². The van der Waals surface area contributed by atoms with Gasteiger partial charge in [-0.1, -0.05) is 0 Å². The molecule has 0 amide bonds. The lowest BCUT2D eigenvalue weighted by Gasteiger charge is -2.36. The molecule has 0 aliphatic carbocycles. The second kappa shape index (κ2) is 5.95. The van der Waals surface area contributed by atoms with E-state index < -0.39 is 55.8 Å². The number of aliphatic hydroxyl groups excluding tert-OH is 6. The van der Waals surface area contributed by atoms with Gasteiger partial charge in [-0.2, -0.15) is 0 Å². The summed E-state index contributed by atoms with van der Waals surface area (Å²) in [6, 6.07) is 0. The number of rotatable bonds is 3. The molecule has 2 aliphatic heterocycles. The van der Waals surface area contributed by atoms with E-state index in [1.807, 2.05) is 0 Å². The molecule has 2 rings (SSSR count). The van der Waals surface area contributed by atoms with Gasteiger partial charge >= 0.3 is 0 Å². The Morgan fingerprint density at radius 3 is 2.26 bits per heavy atom. The lowest BCUT2D eigenvalue weighted by atomic mass is 10.0. The highest BCUT2D eigenvalue weighted by atomic mass is 16.7. The Kier molecular flexibility index (Phi) is 4.71. The molecule has 0 aromatic heterocycles. The Morgan fingerprint density at radius 1 is 1.00 bits per heavy atom. The van der Waals surface area contributed by atoms with Gasteiger partial charge in [-0.25, -0.2) is 0 Å². The van der Waals surface area contributed by atoms with E-state index in [2.05, 4.69) is 4.74 Å². The molecule has 0 aromatic rings. The Balaban J connectivity index is 2.00. The van der Waals surface area contributed by atoms with Gasteiger partial charge in [0.2, 0.25) is 0 Å². The van der Waals surface area contributed by atoms with E-state index in [-0.39, 0.29) is 6.61 Å². The van der Waals surface area contributed by atoms with Crippen LogP contribution in [0.1, 0.15) is 0 Å². The van der Waals surface area contributed by atoms with E-state index in [9.17, 15) is 25.5 Å². The summed E-state index contributed by atoms with van der Waals surface area (Å²) in [6.07, 6.45) is -10.6. The molecular formula is C10H18O9. The van der Waals surface area contributed by atoms with Crippen LogP contribution in [-0.2, 0) is 14.2 Å². The molecule has 0 saturated carbocycles. The first-order chi connectivity index (χ1) is 8.95. The van der Waals surface area contributed by atoms with Crippen molar-refractivity contribution >= 4 is 0 Å². The molecule has 2 saturated heterocycles. The zero-order chi connectivity index (χ0) is 14.2. The average Bonchev–Trinajstić information content (AvgIpc) is 2.66. The zero-order valence-electron chi connectivity index (χ0n) is 9.94. The third kappa shape index (κ3) is 2.89. The molecule has 8 atom stereocenters. The number of ether oxygens (including phenoxy) is 3. The summed E-state index contributed by atoms with van der Waals surface area (Å²) in [6.45, 7) is -0.767. The van der Waals surface area contributed by atoms with E-state index in [0.717, 1.165) is 0 Å². The van der Waals surface area contributed by atoms with Crippen molar-refractivity contribution in [3.8, 4) is 0 Å². The predicted molar refractivity (Wildman–Crippen MR) is 56.6 cm³/mol. The van der Waals surface area contributed by atoms with E-state index >= 15 is 0 Å². The average molecular weight is 282 g/mol. The lowest BCUT2D eigenvalue weighted by molar-refractivity contribution is -0.298. The fraction of sp³-hybridized carbons (Fsp3) is 1.00. The molecule has 2 aliphatic rings. The first kappa shape index (κ1) is 15.0. The van der Waals surface area contributed by atoms with Gasteiger partial charge in [0.05, 0.1) is 13.2 Å². The summed E-state index contributed by atoms with van der Waals surface area (Å²) in [5.41, 5.74) is 0. The van der Waals surface area contributed by atoms with E-state index in [4.69, 9.17) is 14.6 Å². The molecular weight excluding hydrogens is 264 g/mol. The molecule has 19 heavy (non-hydrogen) atoms. The molecule has 9 heteroatoms. The monoisotopic (exact) mass is 282 g/mol. The van der Waals surface area contributed by atoms with E-state index in [1.165, 1.54) is 0 Å². The van der Waals surface area contributed by atoms with Crippen LogP contribution in [0.2, 0.25) is 0 Å². The quantitative estimate of drug-likeness (QED) is 0.303. The Labute approximate surface area is 108 Å². The summed E-state index contributed by atoms with van der Waals surface area (Å²) >= 11 is 0. The van der Waals surface area contributed by atoms with Crippen LogP contribution >= 0.6 is 0 Å². The van der Waals surface area contributed by atoms with Crippen molar-refractivity contribution < 1.29 is 44.8 Å². The molecule has 6 N–H and O–H groups in total. The van der Waals surface area contributed by atoms with Crippen molar-refractivity contribution in [1.82, 2.24) is 0 Å². The second-order valence-corrected chi connectivity index (χ2v) is 4.59. The number of hydrogen-bond acceptors (Lipinski definition) is 9. The fourth-order valence-electron chi connectivity index (χ4n) is 2.08. The van der Waals surface area contributed by atoms with Crippen LogP contribution in [0.3, 0.4) is 0 Å². The summed E-state index contributed by atoms with van der Waals surface area (Å²) in [7, 11) is 0. The first-order valence-corrected chi connectivity index (χ1v) is 5.89. The van der Waals surface area contributed by atoms with Crippen LogP contribution in [0.25, 0.3) is 0 Å². The van der Waals surface area contributed by atoms with Gasteiger partial charge in [0, 0.05) is 0 Å². The van der Waals surface area contributed by atoms with Gasteiger partial charge in [0.15, 0.2) is 12.6 Å². The van der Waals surface area contributed by atoms with Crippen LogP contribution in [0.4, 0.5) is 0 Å². The Bertz CT molecular complexity index is 301. The molecule has 0 aromatic carbocycles. The minimum atomic E-state index is -1.52. The summed E-state index contributed by atoms with van der Waals surface area (Å²) in [5, 5.41) is 56.7. The lowest BCUT2D eigenvalue weighted by Crippen LogP contribution is -2.56. The van der Waals surface area contributed by atoms with Gasteiger partial charge < -0.3 is 44.8 Å². The van der Waals surface area contributed by atoms with Crippen LogP contribution in [0, 0.1) is 0 Å². The predicted octanol–water partition coefficient (Wildman–Crippen LogP) is -4.12. The van der Waals surface area contributed by atoms with Crippen molar-refractivity contribution in [3.63, 3.8) is 0 Å². The third-order valence-corrected chi connectivity index (χ3v) is 3.24. The maximum atomic E-state index is 9.66. The maximum absolute atomic E-state index is 9.66. The Morgan fingerprint density at radius 2 is 1.68 bits per heavy atom. The van der Waals surface area contributed by atoms with Gasteiger partial charge in [-0.3, -0.25) is 0 Å². The van der Waals surface area contributed by atoms with Crippen molar-refractivity contribution in [2.45, 2.75) is 49.2 Å². The third-order valence-electron chi connectivity index (χ3n) is 3.24. The van der Waals surface area contributed by atoms with Gasteiger partial charge in [-0.15, -0.1) is 0 Å². The van der Waals surface area contributed by atoms with Crippen molar-refractivity contribution in [3.05, 3.63) is 0 Å². The Hall–Kier alpha value is -0.360. The SMILES string of the molecule is OC[C@H]1O[C@@H](O[C@H]2[C@@H](O)COC(O)[C@@H]2O)[C@@H](O)[C@@H]1O. The number of aliphatic hydroxyl groups is 6. The van der Waals surface area contributed by atoms with Crippen molar-refractivity contribution in [2.75, 3.05) is 13.2 Å². The second-order valence-electron chi connectivity index (χ2n) is 4.59. The van der Waals surface area contributed by atoms with E-state index in [0.29, 0.717) is 0 Å². The maximum Gasteiger partial charge on any atom is 0.187 e. The summed E-state index contributed by atoms with van der Waals surface area (Å²) in [5.74, 6) is 0. The molecule has 0 bridgehead atoms. The smallest absolute Gasteiger partial charge is 0.187 e. The summed E-state index contributed by atoms with van der Waals surface area (Å²) in [4.78, 5) is 0. The molecule has 0 spiro atoms. The highest BCUT2D eigenvalue weighted by molar-refractivity contribution is 4.90. The minimum absolute atomic E-state index is 0.252. The molecule has 2 heterocycles. The highest BCUT2D eigenvalue weighted by Crippen LogP contribution is 2.26. The fourth-order valence-corrected chi connectivity index (χ4v) is 2.08. The summed E-state index contributed by atoms with van der Waals surface area (Å²) < 4.78 is 14.9. The van der Waals surface area contributed by atoms with Gasteiger partial charge in [0.1, 0.15) is 36.6 Å². The molecule has 2 fully saturated rings. The van der Waals surface area contributed by atoms with Crippen LogP contribution in [-0.4, -0.2) is 93.1 Å². The van der Waals surface area contributed by atoms with Crippen LogP contribution < -0.4 is 0 Å². The van der Waals surface area contributed by atoms with Gasteiger partial charge in [-0.05, 0) is 0 Å². The molecule has 0 radical (unpaired) electrons. The standard InChI is InChI=1S/C10H18O9/c11-1-4-5(13)6(14)10(18-4)19-8-3(12)2-17-9(16)7(8)15/h3-16H,1-2H2/t3-,4+,5+,6-,7+,8-,9?,10-/m0/s1. The molecule has 1 unspecified atom stereocenters. The molecule has 112 valence electrons. The molecule has 9 nitrogen and oxygen atoms in total. The van der Waals surface area contributed by atoms with Crippen molar-refractivity contribution in [2.24, 2.45) is 0 Å². The normalized spacial score (nSPS) is 51.5. The number of hydrogen-bond donors (Lipinski definition) is 6. The van der Waals surface area contributed by atoms with Crippen molar-refractivity contribution in [1.29, 1.82) is 0 Å². The minimum Gasteiger partial charge on any atom is -0.394 e. The highest BCUT2D eigenvalue weighted by Gasteiger charge is 2.47. The topological polar surface area (TPSA) is 149 Å². The first-order valence-electron chi connectivity index (χ1n) is 5.89. The van der Waals surface area contributed by atoms with Crippen LogP contribution in [0.15, 0.2) is 0 Å².